The molecule has 4 rings (SSSR count). The van der Waals surface area contributed by atoms with Gasteiger partial charge in [0.05, 0.1) is 11.4 Å². The molecule has 0 atom stereocenters. The summed E-state index contributed by atoms with van der Waals surface area (Å²) in [6, 6.07) is 15.3. The molecular formula is C21H20N2O4S. The van der Waals surface area contributed by atoms with Gasteiger partial charge >= 0.3 is 4.87 Å². The van der Waals surface area contributed by atoms with E-state index in [1.54, 1.807) is 0 Å². The van der Waals surface area contributed by atoms with Gasteiger partial charge in [-0.2, -0.15) is 0 Å². The third kappa shape index (κ3) is 3.94. The zero-order valence-corrected chi connectivity index (χ0v) is 16.0. The van der Waals surface area contributed by atoms with Gasteiger partial charge in [0.2, 0.25) is 5.88 Å². The van der Waals surface area contributed by atoms with Crippen LogP contribution < -0.4 is 9.61 Å². The van der Waals surface area contributed by atoms with Crippen LogP contribution in [0.1, 0.15) is 26.4 Å². The van der Waals surface area contributed by atoms with Gasteiger partial charge in [0.25, 0.3) is 5.91 Å². The van der Waals surface area contributed by atoms with E-state index in [-0.39, 0.29) is 16.7 Å². The molecule has 0 bridgehead atoms. The van der Waals surface area contributed by atoms with Crippen LogP contribution in [0.3, 0.4) is 0 Å². The van der Waals surface area contributed by atoms with Crippen molar-refractivity contribution in [1.82, 2.24) is 9.88 Å². The van der Waals surface area contributed by atoms with E-state index < -0.39 is 0 Å². The van der Waals surface area contributed by atoms with Crippen molar-refractivity contribution >= 4 is 17.2 Å². The molecule has 2 aromatic carbocycles. The molecule has 0 saturated heterocycles. The van der Waals surface area contributed by atoms with Gasteiger partial charge in [-0.15, -0.1) is 0 Å². The summed E-state index contributed by atoms with van der Waals surface area (Å²) in [4.78, 5) is 28.3. The lowest BCUT2D eigenvalue weighted by Gasteiger charge is -2.28. The molecule has 0 unspecified atom stereocenters. The molecule has 6 nitrogen and oxygen atoms in total. The highest BCUT2D eigenvalue weighted by atomic mass is 32.1. The normalized spacial score (nSPS) is 13.4. The predicted molar refractivity (Wildman–Crippen MR) is 107 cm³/mol. The molecule has 1 aromatic heterocycles. The highest BCUT2D eigenvalue weighted by Gasteiger charge is 2.23. The van der Waals surface area contributed by atoms with Crippen LogP contribution in [0.4, 0.5) is 0 Å². The van der Waals surface area contributed by atoms with E-state index in [2.05, 4.69) is 4.98 Å². The van der Waals surface area contributed by atoms with E-state index in [0.29, 0.717) is 31.0 Å². The van der Waals surface area contributed by atoms with Gasteiger partial charge in [-0.05, 0) is 35.7 Å². The molecular weight excluding hydrogens is 376 g/mol. The van der Waals surface area contributed by atoms with Crippen molar-refractivity contribution in [1.29, 1.82) is 0 Å². The van der Waals surface area contributed by atoms with E-state index in [1.165, 1.54) is 0 Å². The number of hydrogen-bond donors (Lipinski definition) is 2. The Morgan fingerprint density at radius 3 is 2.64 bits per heavy atom. The largest absolute Gasteiger partial charge is 0.494 e. The standard InChI is InChI=1S/C21H20N2O4S/c24-19-18(28-21(26)22-19)13-14-5-7-16(8-6-14)27-12-11-23-10-9-15-3-1-2-4-17(15)20(23)25/h1-8,24H,9-13H2,(H,22,26). The van der Waals surface area contributed by atoms with Crippen molar-refractivity contribution in [2.45, 2.75) is 12.8 Å². The number of carbonyl (C=O) groups excluding carboxylic acids is 1. The second-order valence-electron chi connectivity index (χ2n) is 6.65. The first kappa shape index (κ1) is 18.3. The van der Waals surface area contributed by atoms with E-state index in [9.17, 15) is 14.7 Å². The minimum absolute atomic E-state index is 0.0612. The fraction of sp³-hybridized carbons (Fsp3) is 0.238. The fourth-order valence-corrected chi connectivity index (χ4v) is 4.08. The summed E-state index contributed by atoms with van der Waals surface area (Å²) in [6.07, 6.45) is 1.35. The average molecular weight is 396 g/mol. The van der Waals surface area contributed by atoms with E-state index in [1.807, 2.05) is 53.4 Å². The third-order valence-electron chi connectivity index (χ3n) is 4.80. The molecule has 1 aliphatic heterocycles. The minimum Gasteiger partial charge on any atom is -0.494 e. The van der Waals surface area contributed by atoms with Crippen molar-refractivity contribution in [3.63, 3.8) is 0 Å². The van der Waals surface area contributed by atoms with Crippen LogP contribution in [0.5, 0.6) is 11.6 Å². The summed E-state index contributed by atoms with van der Waals surface area (Å²) in [6.45, 7) is 1.68. The number of amides is 1. The summed E-state index contributed by atoms with van der Waals surface area (Å²) < 4.78 is 5.78. The number of carbonyl (C=O) groups is 1. The van der Waals surface area contributed by atoms with Crippen LogP contribution >= 0.6 is 11.3 Å². The first-order valence-corrected chi connectivity index (χ1v) is 9.91. The van der Waals surface area contributed by atoms with Crippen LogP contribution in [-0.2, 0) is 12.8 Å². The summed E-state index contributed by atoms with van der Waals surface area (Å²) in [5.41, 5.74) is 2.87. The van der Waals surface area contributed by atoms with Crippen LogP contribution in [0.25, 0.3) is 0 Å². The molecule has 2 heterocycles. The molecule has 1 aliphatic rings. The number of fused-ring (bicyclic) bond motifs is 1. The summed E-state index contributed by atoms with van der Waals surface area (Å²) in [5.74, 6) is 0.717. The monoisotopic (exact) mass is 396 g/mol. The van der Waals surface area contributed by atoms with Gasteiger partial charge in [0.15, 0.2) is 0 Å². The highest BCUT2D eigenvalue weighted by Crippen LogP contribution is 2.22. The number of hydrogen-bond acceptors (Lipinski definition) is 5. The number of nitrogens with zero attached hydrogens (tertiary/aromatic N) is 1. The first-order valence-electron chi connectivity index (χ1n) is 9.10. The molecule has 0 spiro atoms. The average Bonchev–Trinajstić information content (AvgIpc) is 3.02. The molecule has 0 radical (unpaired) electrons. The molecule has 1 amide bonds. The second-order valence-corrected chi connectivity index (χ2v) is 7.72. The lowest BCUT2D eigenvalue weighted by molar-refractivity contribution is 0.0713. The second kappa shape index (κ2) is 7.90. The van der Waals surface area contributed by atoms with E-state index in [0.717, 1.165) is 40.2 Å². The molecule has 0 saturated carbocycles. The lowest BCUT2D eigenvalue weighted by Crippen LogP contribution is -2.40. The van der Waals surface area contributed by atoms with Gasteiger partial charge < -0.3 is 14.7 Å². The van der Waals surface area contributed by atoms with Crippen molar-refractivity contribution in [3.8, 4) is 11.6 Å². The number of ether oxygens (including phenoxy) is 1. The quantitative estimate of drug-likeness (QED) is 0.671. The van der Waals surface area contributed by atoms with Gasteiger partial charge in [-0.3, -0.25) is 14.6 Å². The minimum atomic E-state index is -0.262. The first-order chi connectivity index (χ1) is 13.6. The molecule has 0 fully saturated rings. The van der Waals surface area contributed by atoms with Crippen LogP contribution in [0.15, 0.2) is 53.3 Å². The number of aromatic amines is 1. The maximum Gasteiger partial charge on any atom is 0.307 e. The highest BCUT2D eigenvalue weighted by molar-refractivity contribution is 7.09. The van der Waals surface area contributed by atoms with Crippen molar-refractivity contribution < 1.29 is 14.6 Å². The number of H-pyrrole nitrogens is 1. The Labute approximate surface area is 166 Å². The maximum absolute atomic E-state index is 12.5. The Hall–Kier alpha value is -3.06. The summed E-state index contributed by atoms with van der Waals surface area (Å²) in [7, 11) is 0. The van der Waals surface area contributed by atoms with Gasteiger partial charge in [0, 0.05) is 18.5 Å². The van der Waals surface area contributed by atoms with Crippen molar-refractivity contribution in [2.24, 2.45) is 0 Å². The Morgan fingerprint density at radius 2 is 1.89 bits per heavy atom. The fourth-order valence-electron chi connectivity index (χ4n) is 3.32. The Morgan fingerprint density at radius 1 is 1.11 bits per heavy atom. The number of rotatable bonds is 6. The molecule has 28 heavy (non-hydrogen) atoms. The Bertz CT molecular complexity index is 1040. The Balaban J connectivity index is 1.30. The molecule has 7 heteroatoms. The molecule has 2 N–H and O–H groups in total. The van der Waals surface area contributed by atoms with Crippen LogP contribution in [0.2, 0.25) is 0 Å². The number of aromatic nitrogens is 1. The molecule has 3 aromatic rings. The van der Waals surface area contributed by atoms with Crippen LogP contribution in [-0.4, -0.2) is 40.6 Å². The lowest BCUT2D eigenvalue weighted by atomic mass is 9.99. The maximum atomic E-state index is 12.5. The van der Waals surface area contributed by atoms with Crippen molar-refractivity contribution in [3.05, 3.63) is 79.8 Å². The smallest absolute Gasteiger partial charge is 0.307 e. The number of aromatic hydroxyl groups is 1. The van der Waals surface area contributed by atoms with Crippen molar-refractivity contribution in [2.75, 3.05) is 19.7 Å². The topological polar surface area (TPSA) is 82.6 Å². The van der Waals surface area contributed by atoms with Gasteiger partial charge in [-0.25, -0.2) is 0 Å². The predicted octanol–water partition coefficient (Wildman–Crippen LogP) is 2.81. The van der Waals surface area contributed by atoms with Crippen LogP contribution in [0, 0.1) is 0 Å². The number of thiazole rings is 1. The zero-order valence-electron chi connectivity index (χ0n) is 15.2. The van der Waals surface area contributed by atoms with E-state index in [4.69, 9.17) is 4.74 Å². The van der Waals surface area contributed by atoms with Gasteiger partial charge in [0.1, 0.15) is 12.4 Å². The molecule has 144 valence electrons. The zero-order chi connectivity index (χ0) is 19.5. The summed E-state index contributed by atoms with van der Waals surface area (Å²) >= 11 is 1.01. The van der Waals surface area contributed by atoms with E-state index >= 15 is 0 Å². The number of benzene rings is 2. The number of nitrogens with one attached hydrogen (secondary N) is 1. The third-order valence-corrected chi connectivity index (χ3v) is 5.68. The SMILES string of the molecule is O=C1c2ccccc2CCN1CCOc1ccc(Cc2sc(=O)[nH]c2O)cc1. The van der Waals surface area contributed by atoms with Gasteiger partial charge in [-0.1, -0.05) is 41.7 Å². The summed E-state index contributed by atoms with van der Waals surface area (Å²) in [5, 5.41) is 9.67. The Kier molecular flexibility index (Phi) is 5.16. The molecule has 0 aliphatic carbocycles.